The predicted molar refractivity (Wildman–Crippen MR) is 53.7 cm³/mol. The lowest BCUT2D eigenvalue weighted by Crippen LogP contribution is -2.30. The van der Waals surface area contributed by atoms with E-state index in [2.05, 4.69) is 5.32 Å². The van der Waals surface area contributed by atoms with Crippen LogP contribution in [0.25, 0.3) is 0 Å². The van der Waals surface area contributed by atoms with Gasteiger partial charge in [-0.3, -0.25) is 4.79 Å². The fourth-order valence-electron chi connectivity index (χ4n) is 1.74. The first-order chi connectivity index (χ1) is 7.39. The largest absolute Gasteiger partial charge is 0.450 e. The summed E-state index contributed by atoms with van der Waals surface area (Å²) >= 11 is 5.69. The van der Waals surface area contributed by atoms with Crippen LogP contribution in [0.2, 0.25) is 5.02 Å². The van der Waals surface area contributed by atoms with Crippen molar-refractivity contribution in [1.29, 1.82) is 0 Å². The van der Waals surface area contributed by atoms with E-state index in [1.54, 1.807) is 0 Å². The van der Waals surface area contributed by atoms with E-state index in [1.165, 1.54) is 18.2 Å². The number of nitrogens with one attached hydrogen (secondary N) is 1. The number of carbonyl (C=O) groups is 1. The number of rotatable bonds is 1. The summed E-state index contributed by atoms with van der Waals surface area (Å²) < 4.78 is 36.8. The molecule has 1 atom stereocenters. The summed E-state index contributed by atoms with van der Waals surface area (Å²) in [6.45, 7) is -0.0337. The summed E-state index contributed by atoms with van der Waals surface area (Å²) in [7, 11) is 0. The molecule has 0 spiro atoms. The van der Waals surface area contributed by atoms with E-state index in [0.717, 1.165) is 0 Å². The molecule has 1 N–H and O–H groups in total. The van der Waals surface area contributed by atoms with E-state index < -0.39 is 17.9 Å². The SMILES string of the molecule is O=C(C1CNc2cc(Cl)ccc21)C(F)(F)F. The van der Waals surface area contributed by atoms with Crippen LogP contribution in [0.15, 0.2) is 18.2 Å². The Morgan fingerprint density at radius 3 is 2.75 bits per heavy atom. The molecule has 1 aromatic carbocycles. The smallest absolute Gasteiger partial charge is 0.384 e. The molecule has 0 radical (unpaired) electrons. The first kappa shape index (κ1) is 11.3. The van der Waals surface area contributed by atoms with Crippen LogP contribution in [0.3, 0.4) is 0 Å². The number of hydrogen-bond donors (Lipinski definition) is 1. The zero-order valence-electron chi connectivity index (χ0n) is 7.94. The Hall–Kier alpha value is -1.23. The van der Waals surface area contributed by atoms with E-state index in [-0.39, 0.29) is 6.54 Å². The molecule has 0 aliphatic carbocycles. The molecule has 1 aromatic rings. The van der Waals surface area contributed by atoms with E-state index in [4.69, 9.17) is 11.6 Å². The van der Waals surface area contributed by atoms with Crippen molar-refractivity contribution in [2.45, 2.75) is 12.1 Å². The van der Waals surface area contributed by atoms with Gasteiger partial charge in [-0.25, -0.2) is 0 Å². The van der Waals surface area contributed by atoms with Crippen molar-refractivity contribution >= 4 is 23.1 Å². The maximum Gasteiger partial charge on any atom is 0.450 e. The normalized spacial score (nSPS) is 19.1. The van der Waals surface area contributed by atoms with Crippen molar-refractivity contribution in [1.82, 2.24) is 0 Å². The van der Waals surface area contributed by atoms with Gasteiger partial charge < -0.3 is 5.32 Å². The van der Waals surface area contributed by atoms with E-state index in [1.807, 2.05) is 0 Å². The number of alkyl halides is 3. The molecular formula is C10H7ClF3NO. The standard InChI is InChI=1S/C10H7ClF3NO/c11-5-1-2-6-7(4-15-8(6)3-5)9(16)10(12,13)14/h1-3,7,15H,4H2. The molecule has 16 heavy (non-hydrogen) atoms. The van der Waals surface area contributed by atoms with E-state index >= 15 is 0 Å². The van der Waals surface area contributed by atoms with Crippen molar-refractivity contribution in [3.63, 3.8) is 0 Å². The van der Waals surface area contributed by atoms with Crippen LogP contribution in [0.4, 0.5) is 18.9 Å². The quantitative estimate of drug-likeness (QED) is 0.829. The molecule has 0 amide bonds. The van der Waals surface area contributed by atoms with E-state index in [0.29, 0.717) is 16.3 Å². The van der Waals surface area contributed by atoms with Gasteiger partial charge in [0.25, 0.3) is 0 Å². The minimum absolute atomic E-state index is 0.0337. The second-order valence-electron chi connectivity index (χ2n) is 3.53. The van der Waals surface area contributed by atoms with Gasteiger partial charge in [0.15, 0.2) is 0 Å². The summed E-state index contributed by atoms with van der Waals surface area (Å²) in [6.07, 6.45) is -4.80. The Morgan fingerprint density at radius 1 is 1.44 bits per heavy atom. The molecule has 2 nitrogen and oxygen atoms in total. The molecule has 1 unspecified atom stereocenters. The second kappa shape index (κ2) is 3.66. The molecule has 2 rings (SSSR count). The minimum Gasteiger partial charge on any atom is -0.384 e. The number of ketones is 1. The summed E-state index contributed by atoms with van der Waals surface area (Å²) in [5, 5.41) is 3.16. The minimum atomic E-state index is -4.80. The summed E-state index contributed by atoms with van der Waals surface area (Å²) in [4.78, 5) is 11.1. The average molecular weight is 250 g/mol. The van der Waals surface area contributed by atoms with Gasteiger partial charge in [0.2, 0.25) is 5.78 Å². The number of anilines is 1. The Bertz CT molecular complexity index is 444. The highest BCUT2D eigenvalue weighted by Gasteiger charge is 2.45. The monoisotopic (exact) mass is 249 g/mol. The summed E-state index contributed by atoms with van der Waals surface area (Å²) in [5.41, 5.74) is 0.849. The van der Waals surface area contributed by atoms with Gasteiger partial charge in [-0.15, -0.1) is 0 Å². The summed E-state index contributed by atoms with van der Waals surface area (Å²) in [6, 6.07) is 4.44. The van der Waals surface area contributed by atoms with Crippen LogP contribution in [-0.4, -0.2) is 18.5 Å². The van der Waals surface area contributed by atoms with Gasteiger partial charge in [0, 0.05) is 17.3 Å². The van der Waals surface area contributed by atoms with Crippen LogP contribution >= 0.6 is 11.6 Å². The van der Waals surface area contributed by atoms with Gasteiger partial charge >= 0.3 is 6.18 Å². The maximum atomic E-state index is 12.3. The molecule has 0 bridgehead atoms. The van der Waals surface area contributed by atoms with Gasteiger partial charge in [-0.1, -0.05) is 17.7 Å². The molecule has 0 fully saturated rings. The van der Waals surface area contributed by atoms with E-state index in [9.17, 15) is 18.0 Å². The summed E-state index contributed by atoms with van der Waals surface area (Å²) in [5.74, 6) is -2.88. The zero-order chi connectivity index (χ0) is 11.9. The molecule has 6 heteroatoms. The van der Waals surface area contributed by atoms with Crippen molar-refractivity contribution in [2.24, 2.45) is 0 Å². The molecular weight excluding hydrogens is 243 g/mol. The number of Topliss-reactive ketones (excluding diaryl/α,β-unsaturated/α-hetero) is 1. The lowest BCUT2D eigenvalue weighted by molar-refractivity contribution is -0.172. The third kappa shape index (κ3) is 1.87. The number of hydrogen-bond acceptors (Lipinski definition) is 2. The lowest BCUT2D eigenvalue weighted by atomic mass is 9.96. The fourth-order valence-corrected chi connectivity index (χ4v) is 1.91. The third-order valence-electron chi connectivity index (χ3n) is 2.48. The van der Waals surface area contributed by atoms with Crippen molar-refractivity contribution in [2.75, 3.05) is 11.9 Å². The van der Waals surface area contributed by atoms with Crippen molar-refractivity contribution in [3.8, 4) is 0 Å². The van der Waals surface area contributed by atoms with Gasteiger partial charge in [0.05, 0.1) is 5.92 Å². The number of halogens is 4. The first-order valence-corrected chi connectivity index (χ1v) is 4.92. The van der Waals surface area contributed by atoms with Gasteiger partial charge in [-0.2, -0.15) is 13.2 Å². The highest BCUT2D eigenvalue weighted by molar-refractivity contribution is 6.31. The number of benzene rings is 1. The Kier molecular flexibility index (Phi) is 2.58. The van der Waals surface area contributed by atoms with Crippen LogP contribution in [0, 0.1) is 0 Å². The number of fused-ring (bicyclic) bond motifs is 1. The fraction of sp³-hybridized carbons (Fsp3) is 0.300. The topological polar surface area (TPSA) is 29.1 Å². The molecule has 1 heterocycles. The Morgan fingerprint density at radius 2 is 2.12 bits per heavy atom. The number of carbonyl (C=O) groups excluding carboxylic acids is 1. The third-order valence-corrected chi connectivity index (χ3v) is 2.72. The van der Waals surface area contributed by atoms with Crippen LogP contribution in [-0.2, 0) is 4.79 Å². The highest BCUT2D eigenvalue weighted by Crippen LogP contribution is 2.37. The maximum absolute atomic E-state index is 12.3. The van der Waals surface area contributed by atoms with Gasteiger partial charge in [-0.05, 0) is 17.7 Å². The van der Waals surface area contributed by atoms with Crippen LogP contribution in [0.1, 0.15) is 11.5 Å². The second-order valence-corrected chi connectivity index (χ2v) is 3.96. The molecule has 86 valence electrons. The average Bonchev–Trinajstić information content (AvgIpc) is 2.57. The lowest BCUT2D eigenvalue weighted by Gasteiger charge is -2.11. The van der Waals surface area contributed by atoms with Crippen molar-refractivity contribution in [3.05, 3.63) is 28.8 Å². The molecule has 1 aliphatic rings. The molecule has 0 saturated carbocycles. The van der Waals surface area contributed by atoms with Crippen LogP contribution < -0.4 is 5.32 Å². The zero-order valence-corrected chi connectivity index (χ0v) is 8.69. The Labute approximate surface area is 94.4 Å². The highest BCUT2D eigenvalue weighted by atomic mass is 35.5. The molecule has 0 aromatic heterocycles. The van der Waals surface area contributed by atoms with Crippen LogP contribution in [0.5, 0.6) is 0 Å². The first-order valence-electron chi connectivity index (χ1n) is 4.54. The Balaban J connectivity index is 2.34. The molecule has 1 aliphatic heterocycles. The predicted octanol–water partition coefficient (Wildman–Crippen LogP) is 2.98. The van der Waals surface area contributed by atoms with Crippen molar-refractivity contribution < 1.29 is 18.0 Å². The molecule has 0 saturated heterocycles. The van der Waals surface area contributed by atoms with Gasteiger partial charge in [0.1, 0.15) is 0 Å².